The number of aromatic nitrogens is 1. The topological polar surface area (TPSA) is 70.7 Å². The molecule has 0 radical (unpaired) electrons. The molecule has 1 N–H and O–H groups in total. The summed E-state index contributed by atoms with van der Waals surface area (Å²) in [6.07, 6.45) is -3.63. The molecule has 0 spiro atoms. The molecule has 0 bridgehead atoms. The molecular formula is C21H17F3N4O2. The van der Waals surface area contributed by atoms with Gasteiger partial charge in [-0.2, -0.15) is 13.2 Å². The fourth-order valence-electron chi connectivity index (χ4n) is 3.21. The number of nitrogens with one attached hydrogen (secondary N) is 1. The van der Waals surface area contributed by atoms with Crippen LogP contribution in [0.5, 0.6) is 0 Å². The maximum atomic E-state index is 14.3. The fraction of sp³-hybridized carbons (Fsp3) is 0.190. The summed E-state index contributed by atoms with van der Waals surface area (Å²) in [7, 11) is 0. The first-order chi connectivity index (χ1) is 14.3. The smallest absolute Gasteiger partial charge is 0.442 e. The highest BCUT2D eigenvalue weighted by atomic mass is 19.4. The van der Waals surface area contributed by atoms with Crippen molar-refractivity contribution in [1.29, 1.82) is 0 Å². The number of amidine groups is 1. The van der Waals surface area contributed by atoms with Crippen LogP contribution in [-0.2, 0) is 11.3 Å². The van der Waals surface area contributed by atoms with Crippen molar-refractivity contribution < 1.29 is 22.4 Å². The van der Waals surface area contributed by atoms with Gasteiger partial charge in [0.25, 0.3) is 5.91 Å². The van der Waals surface area contributed by atoms with Crippen LogP contribution in [0.15, 0.2) is 76.3 Å². The summed E-state index contributed by atoms with van der Waals surface area (Å²) in [5.74, 6) is -1.13. The van der Waals surface area contributed by atoms with E-state index < -0.39 is 17.7 Å². The molecule has 2 aromatic heterocycles. The van der Waals surface area contributed by atoms with Gasteiger partial charge in [0, 0.05) is 11.3 Å². The molecule has 3 heterocycles. The van der Waals surface area contributed by atoms with E-state index in [2.05, 4.69) is 15.3 Å². The lowest BCUT2D eigenvalue weighted by Crippen LogP contribution is -2.57. The predicted molar refractivity (Wildman–Crippen MR) is 104 cm³/mol. The first-order valence-corrected chi connectivity index (χ1v) is 9.08. The molecule has 9 heteroatoms. The summed E-state index contributed by atoms with van der Waals surface area (Å²) in [4.78, 5) is 22.2. The Morgan fingerprint density at radius 3 is 2.47 bits per heavy atom. The monoisotopic (exact) mass is 414 g/mol. The van der Waals surface area contributed by atoms with Crippen LogP contribution in [0.4, 0.5) is 19.0 Å². The molecule has 0 aliphatic carbocycles. The van der Waals surface area contributed by atoms with Crippen molar-refractivity contribution in [2.45, 2.75) is 25.3 Å². The number of hydrogen-bond acceptors (Lipinski definition) is 5. The van der Waals surface area contributed by atoms with Crippen molar-refractivity contribution in [2.75, 3.05) is 5.32 Å². The molecule has 6 nitrogen and oxygen atoms in total. The van der Waals surface area contributed by atoms with Gasteiger partial charge in [-0.3, -0.25) is 9.69 Å². The molecule has 1 aromatic carbocycles. The van der Waals surface area contributed by atoms with Gasteiger partial charge in [0.05, 0.1) is 12.8 Å². The Hall–Kier alpha value is -3.62. The number of halogens is 3. The number of aliphatic imine (C=N–C) groups is 1. The molecule has 0 saturated heterocycles. The zero-order chi connectivity index (χ0) is 21.4. The Balaban J connectivity index is 1.84. The van der Waals surface area contributed by atoms with E-state index in [-0.39, 0.29) is 18.2 Å². The highest BCUT2D eigenvalue weighted by molar-refractivity contribution is 6.16. The number of hydrogen-bond donors (Lipinski definition) is 1. The van der Waals surface area contributed by atoms with Crippen LogP contribution in [0.25, 0.3) is 0 Å². The largest absolute Gasteiger partial charge is 0.467 e. The molecule has 154 valence electrons. The molecule has 1 amide bonds. The van der Waals surface area contributed by atoms with Crippen molar-refractivity contribution in [2.24, 2.45) is 4.99 Å². The number of alkyl halides is 3. The van der Waals surface area contributed by atoms with Crippen molar-refractivity contribution >= 4 is 17.6 Å². The van der Waals surface area contributed by atoms with Gasteiger partial charge in [-0.05, 0) is 31.2 Å². The lowest BCUT2D eigenvalue weighted by atomic mass is 10.1. The Bertz CT molecular complexity index is 1080. The summed E-state index contributed by atoms with van der Waals surface area (Å²) >= 11 is 0. The third kappa shape index (κ3) is 3.42. The van der Waals surface area contributed by atoms with E-state index in [9.17, 15) is 18.0 Å². The minimum Gasteiger partial charge on any atom is -0.467 e. The Morgan fingerprint density at radius 1 is 1.07 bits per heavy atom. The van der Waals surface area contributed by atoms with Gasteiger partial charge in [0.2, 0.25) is 0 Å². The van der Waals surface area contributed by atoms with E-state index in [1.165, 1.54) is 12.3 Å². The number of pyridine rings is 1. The van der Waals surface area contributed by atoms with Crippen LogP contribution in [0, 0.1) is 6.92 Å². The van der Waals surface area contributed by atoms with Gasteiger partial charge < -0.3 is 9.73 Å². The molecule has 1 atom stereocenters. The average Bonchev–Trinajstić information content (AvgIpc) is 3.31. The van der Waals surface area contributed by atoms with Gasteiger partial charge in [-0.15, -0.1) is 0 Å². The minimum absolute atomic E-state index is 0.100. The summed E-state index contributed by atoms with van der Waals surface area (Å²) in [5.41, 5.74) is -2.32. The first kappa shape index (κ1) is 19.7. The molecule has 4 rings (SSSR count). The average molecular weight is 414 g/mol. The van der Waals surface area contributed by atoms with E-state index >= 15 is 0 Å². The third-order valence-corrected chi connectivity index (χ3v) is 4.62. The normalized spacial score (nSPS) is 19.1. The number of furan rings is 1. The second-order valence-electron chi connectivity index (χ2n) is 6.77. The van der Waals surface area contributed by atoms with E-state index in [1.807, 2.05) is 0 Å². The molecule has 1 aliphatic rings. The summed E-state index contributed by atoms with van der Waals surface area (Å²) in [6, 6.07) is 16.0. The number of aryl methyl sites for hydroxylation is 1. The number of rotatable bonds is 5. The Labute approximate surface area is 170 Å². The zero-order valence-corrected chi connectivity index (χ0v) is 15.8. The maximum Gasteiger partial charge on any atom is 0.442 e. The van der Waals surface area contributed by atoms with E-state index in [1.54, 1.807) is 61.5 Å². The summed E-state index contributed by atoms with van der Waals surface area (Å²) in [6.45, 7) is 1.45. The number of nitrogens with zero attached hydrogens (tertiary/aromatic N) is 3. The van der Waals surface area contributed by atoms with Gasteiger partial charge in [-0.1, -0.05) is 36.4 Å². The highest BCUT2D eigenvalue weighted by Crippen LogP contribution is 2.41. The lowest BCUT2D eigenvalue weighted by Gasteiger charge is -2.29. The summed E-state index contributed by atoms with van der Waals surface area (Å²) in [5, 5.41) is 2.25. The number of benzene rings is 1. The van der Waals surface area contributed by atoms with Gasteiger partial charge >= 0.3 is 11.8 Å². The van der Waals surface area contributed by atoms with Gasteiger partial charge in [0.15, 0.2) is 0 Å². The number of carbonyl (C=O) groups excluding carboxylic acids is 1. The molecule has 3 aromatic rings. The molecule has 0 saturated carbocycles. The van der Waals surface area contributed by atoms with Crippen LogP contribution in [0.2, 0.25) is 0 Å². The fourth-order valence-corrected chi connectivity index (χ4v) is 3.21. The van der Waals surface area contributed by atoms with Crippen LogP contribution >= 0.6 is 0 Å². The predicted octanol–water partition coefficient (Wildman–Crippen LogP) is 4.14. The van der Waals surface area contributed by atoms with Crippen molar-refractivity contribution in [3.63, 3.8) is 0 Å². The molecule has 0 unspecified atom stereocenters. The quantitative estimate of drug-likeness (QED) is 0.681. The summed E-state index contributed by atoms with van der Waals surface area (Å²) < 4.78 is 48.2. The molecule has 1 aliphatic heterocycles. The Kier molecular flexibility index (Phi) is 4.81. The number of carbonyl (C=O) groups is 1. The van der Waals surface area contributed by atoms with E-state index in [0.29, 0.717) is 17.0 Å². The van der Waals surface area contributed by atoms with Crippen LogP contribution in [0.1, 0.15) is 17.0 Å². The van der Waals surface area contributed by atoms with Crippen LogP contribution < -0.4 is 5.32 Å². The first-order valence-electron chi connectivity index (χ1n) is 9.08. The molecular weight excluding hydrogens is 397 g/mol. The second kappa shape index (κ2) is 7.33. The maximum absolute atomic E-state index is 14.3. The molecule has 30 heavy (non-hydrogen) atoms. The Morgan fingerprint density at radius 2 is 1.83 bits per heavy atom. The lowest BCUT2D eigenvalue weighted by molar-refractivity contribution is -0.185. The van der Waals surface area contributed by atoms with Gasteiger partial charge in [-0.25, -0.2) is 9.98 Å². The van der Waals surface area contributed by atoms with Crippen LogP contribution in [-0.4, -0.2) is 33.5 Å². The van der Waals surface area contributed by atoms with Crippen LogP contribution in [0.3, 0.4) is 0 Å². The second-order valence-corrected chi connectivity index (χ2v) is 6.77. The number of anilines is 1. The highest BCUT2D eigenvalue weighted by Gasteiger charge is 2.66. The standard InChI is InChI=1S/C21H17F3N4O2/c1-14-7-5-11-17(25-14)26-20(21(22,23)24)19(29)28(13-16-10-6-12-30-16)18(27-20)15-8-3-2-4-9-15/h2-12H,13H2,1H3,(H,25,26)/t20-/m1/s1. The zero-order valence-electron chi connectivity index (χ0n) is 15.8. The van der Waals surface area contributed by atoms with Crippen molar-refractivity contribution in [1.82, 2.24) is 9.88 Å². The van der Waals surface area contributed by atoms with Crippen molar-refractivity contribution in [3.05, 3.63) is 83.9 Å². The van der Waals surface area contributed by atoms with E-state index in [4.69, 9.17) is 4.42 Å². The third-order valence-electron chi connectivity index (χ3n) is 4.62. The van der Waals surface area contributed by atoms with Crippen molar-refractivity contribution in [3.8, 4) is 0 Å². The molecule has 0 fully saturated rings. The SMILES string of the molecule is Cc1cccc(N[C@@]2(C(F)(F)F)N=C(c3ccccc3)N(Cc3ccco3)C2=O)n1. The van der Waals surface area contributed by atoms with E-state index in [0.717, 1.165) is 4.90 Å². The van der Waals surface area contributed by atoms with Gasteiger partial charge in [0.1, 0.15) is 17.4 Å². The minimum atomic E-state index is -5.02. The number of amides is 1.